The maximum absolute atomic E-state index is 12.4. The lowest BCUT2D eigenvalue weighted by atomic mass is 10.1. The second kappa shape index (κ2) is 5.43. The van der Waals surface area contributed by atoms with Crippen molar-refractivity contribution in [1.29, 1.82) is 0 Å². The van der Waals surface area contributed by atoms with E-state index in [4.69, 9.17) is 0 Å². The van der Waals surface area contributed by atoms with Gasteiger partial charge >= 0.3 is 0 Å². The molecule has 1 heterocycles. The van der Waals surface area contributed by atoms with E-state index in [9.17, 15) is 4.79 Å². The number of halogens is 1. The molecule has 0 unspecified atom stereocenters. The number of hydrogen-bond acceptors (Lipinski definition) is 2. The summed E-state index contributed by atoms with van der Waals surface area (Å²) in [5, 5.41) is 4.75. The number of benzene rings is 2. The molecule has 20 heavy (non-hydrogen) atoms. The van der Waals surface area contributed by atoms with E-state index in [1.807, 2.05) is 42.5 Å². The Bertz CT molecular complexity index is 781. The number of hydrogen-bond donors (Lipinski definition) is 1. The van der Waals surface area contributed by atoms with Crippen molar-refractivity contribution in [3.63, 3.8) is 0 Å². The molecule has 1 N–H and O–H groups in total. The molecule has 3 aromatic rings. The first-order valence-corrected chi connectivity index (χ1v) is 6.93. The molecule has 0 aliphatic heterocycles. The molecule has 0 aliphatic rings. The zero-order valence-corrected chi connectivity index (χ0v) is 12.1. The van der Waals surface area contributed by atoms with Crippen molar-refractivity contribution in [2.24, 2.45) is 0 Å². The van der Waals surface area contributed by atoms with Crippen LogP contribution in [0.1, 0.15) is 10.4 Å². The van der Waals surface area contributed by atoms with Gasteiger partial charge in [0.05, 0.1) is 0 Å². The van der Waals surface area contributed by atoms with E-state index in [1.54, 1.807) is 18.5 Å². The minimum Gasteiger partial charge on any atom is -0.322 e. The molecular weight excluding hydrogens is 316 g/mol. The van der Waals surface area contributed by atoms with Gasteiger partial charge in [-0.2, -0.15) is 0 Å². The maximum Gasteiger partial charge on any atom is 0.256 e. The number of carbonyl (C=O) groups excluding carboxylic acids is 1. The van der Waals surface area contributed by atoms with Gasteiger partial charge in [0, 0.05) is 33.5 Å². The number of amides is 1. The van der Waals surface area contributed by atoms with Crippen molar-refractivity contribution in [3.05, 3.63) is 71.0 Å². The van der Waals surface area contributed by atoms with Gasteiger partial charge in [-0.3, -0.25) is 9.78 Å². The summed E-state index contributed by atoms with van der Waals surface area (Å²) in [7, 11) is 0. The Labute approximate surface area is 124 Å². The molecule has 1 aromatic heterocycles. The summed E-state index contributed by atoms with van der Waals surface area (Å²) in [5.74, 6) is -0.137. The molecule has 2 aromatic carbocycles. The number of nitrogens with one attached hydrogen (secondary N) is 1. The fraction of sp³-hybridized carbons (Fsp3) is 0. The van der Waals surface area contributed by atoms with E-state index < -0.39 is 0 Å². The van der Waals surface area contributed by atoms with Crippen molar-refractivity contribution in [2.75, 3.05) is 5.32 Å². The van der Waals surface area contributed by atoms with E-state index in [0.29, 0.717) is 5.56 Å². The van der Waals surface area contributed by atoms with Crippen LogP contribution < -0.4 is 5.32 Å². The van der Waals surface area contributed by atoms with Gasteiger partial charge in [0.25, 0.3) is 5.91 Å². The third kappa shape index (κ3) is 2.56. The third-order valence-corrected chi connectivity index (χ3v) is 3.50. The summed E-state index contributed by atoms with van der Waals surface area (Å²) in [4.78, 5) is 16.5. The first-order valence-electron chi connectivity index (χ1n) is 6.14. The predicted octanol–water partition coefficient (Wildman–Crippen LogP) is 4.25. The lowest BCUT2D eigenvalue weighted by Gasteiger charge is -2.08. The second-order valence-corrected chi connectivity index (χ2v) is 5.28. The molecule has 0 fully saturated rings. The largest absolute Gasteiger partial charge is 0.322 e. The van der Waals surface area contributed by atoms with Crippen LogP contribution in [0.5, 0.6) is 0 Å². The first kappa shape index (κ1) is 12.8. The van der Waals surface area contributed by atoms with Crippen LogP contribution in [-0.2, 0) is 0 Å². The lowest BCUT2D eigenvalue weighted by Crippen LogP contribution is -2.12. The molecule has 1 amide bonds. The van der Waals surface area contributed by atoms with Gasteiger partial charge in [-0.15, -0.1) is 0 Å². The number of rotatable bonds is 2. The second-order valence-electron chi connectivity index (χ2n) is 4.37. The fourth-order valence-corrected chi connectivity index (χ4v) is 2.48. The number of carbonyl (C=O) groups is 1. The van der Waals surface area contributed by atoms with Crippen molar-refractivity contribution in [3.8, 4) is 0 Å². The molecule has 0 spiro atoms. The van der Waals surface area contributed by atoms with Crippen LogP contribution >= 0.6 is 15.9 Å². The lowest BCUT2D eigenvalue weighted by molar-refractivity contribution is 0.102. The van der Waals surface area contributed by atoms with Gasteiger partial charge < -0.3 is 5.32 Å². The van der Waals surface area contributed by atoms with Crippen LogP contribution in [0.15, 0.2) is 65.4 Å². The maximum atomic E-state index is 12.4. The third-order valence-electron chi connectivity index (χ3n) is 3.01. The van der Waals surface area contributed by atoms with Crippen LogP contribution in [0.2, 0.25) is 0 Å². The number of pyridine rings is 1. The Morgan fingerprint density at radius 3 is 2.80 bits per heavy atom. The molecular formula is C16H11BrN2O. The van der Waals surface area contributed by atoms with E-state index >= 15 is 0 Å². The average molecular weight is 327 g/mol. The Morgan fingerprint density at radius 2 is 1.95 bits per heavy atom. The topological polar surface area (TPSA) is 42.0 Å². The van der Waals surface area contributed by atoms with Crippen molar-refractivity contribution in [2.45, 2.75) is 0 Å². The van der Waals surface area contributed by atoms with Crippen molar-refractivity contribution < 1.29 is 4.79 Å². The summed E-state index contributed by atoms with van der Waals surface area (Å²) >= 11 is 3.39. The van der Waals surface area contributed by atoms with Gasteiger partial charge in [0.15, 0.2) is 0 Å². The molecule has 0 atom stereocenters. The average Bonchev–Trinajstić information content (AvgIpc) is 2.46. The highest BCUT2D eigenvalue weighted by molar-refractivity contribution is 9.10. The molecule has 0 radical (unpaired) electrons. The molecule has 3 nitrogen and oxygen atoms in total. The number of anilines is 1. The molecule has 0 saturated heterocycles. The molecule has 3 rings (SSSR count). The van der Waals surface area contributed by atoms with Gasteiger partial charge in [0.1, 0.15) is 0 Å². The van der Waals surface area contributed by atoms with Crippen LogP contribution in [-0.4, -0.2) is 10.9 Å². The minimum atomic E-state index is -0.137. The zero-order valence-electron chi connectivity index (χ0n) is 10.5. The molecule has 0 aliphatic carbocycles. The zero-order chi connectivity index (χ0) is 13.9. The summed E-state index contributed by atoms with van der Waals surface area (Å²) < 4.78 is 0.926. The van der Waals surface area contributed by atoms with Crippen LogP contribution in [0.3, 0.4) is 0 Å². The predicted molar refractivity (Wildman–Crippen MR) is 83.8 cm³/mol. The van der Waals surface area contributed by atoms with Gasteiger partial charge in [-0.05, 0) is 35.7 Å². The smallest absolute Gasteiger partial charge is 0.256 e. The van der Waals surface area contributed by atoms with E-state index in [1.165, 1.54) is 0 Å². The monoisotopic (exact) mass is 326 g/mol. The first-order chi connectivity index (χ1) is 9.74. The summed E-state index contributed by atoms with van der Waals surface area (Å²) in [6.07, 6.45) is 3.43. The molecule has 0 bridgehead atoms. The van der Waals surface area contributed by atoms with Crippen molar-refractivity contribution in [1.82, 2.24) is 4.98 Å². The van der Waals surface area contributed by atoms with Gasteiger partial charge in [-0.25, -0.2) is 0 Å². The fourth-order valence-electron chi connectivity index (χ4n) is 2.08. The number of fused-ring (bicyclic) bond motifs is 1. The quantitative estimate of drug-likeness (QED) is 0.764. The summed E-state index contributed by atoms with van der Waals surface area (Å²) in [5.41, 5.74) is 1.38. The van der Waals surface area contributed by atoms with Crippen LogP contribution in [0.4, 0.5) is 5.69 Å². The highest BCUT2D eigenvalue weighted by atomic mass is 79.9. The van der Waals surface area contributed by atoms with Crippen molar-refractivity contribution >= 4 is 38.3 Å². The Morgan fingerprint density at radius 1 is 1.10 bits per heavy atom. The van der Waals surface area contributed by atoms with Gasteiger partial charge in [0.2, 0.25) is 0 Å². The van der Waals surface area contributed by atoms with E-state index in [0.717, 1.165) is 20.9 Å². The Balaban J connectivity index is 1.97. The highest BCUT2D eigenvalue weighted by Crippen LogP contribution is 2.20. The SMILES string of the molecule is O=C(Nc1cccc(Br)c1)c1cccc2ccncc12. The highest BCUT2D eigenvalue weighted by Gasteiger charge is 2.10. The molecule has 98 valence electrons. The minimum absolute atomic E-state index is 0.137. The number of nitrogens with zero attached hydrogens (tertiary/aromatic N) is 1. The summed E-state index contributed by atoms with van der Waals surface area (Å²) in [6, 6.07) is 15.0. The standard InChI is InChI=1S/C16H11BrN2O/c17-12-4-2-5-13(9-12)19-16(20)14-6-1-3-11-7-8-18-10-15(11)14/h1-10H,(H,19,20). The van der Waals surface area contributed by atoms with Crippen LogP contribution in [0, 0.1) is 0 Å². The Kier molecular flexibility index (Phi) is 3.48. The summed E-state index contributed by atoms with van der Waals surface area (Å²) in [6.45, 7) is 0. The normalized spacial score (nSPS) is 10.4. The Hall–Kier alpha value is -2.20. The van der Waals surface area contributed by atoms with E-state index in [2.05, 4.69) is 26.2 Å². The number of aromatic nitrogens is 1. The van der Waals surface area contributed by atoms with Gasteiger partial charge in [-0.1, -0.05) is 34.1 Å². The molecule has 4 heteroatoms. The molecule has 0 saturated carbocycles. The van der Waals surface area contributed by atoms with Crippen LogP contribution in [0.25, 0.3) is 10.8 Å². The van der Waals surface area contributed by atoms with E-state index in [-0.39, 0.29) is 5.91 Å².